The molecule has 1 saturated carbocycles. The van der Waals surface area contributed by atoms with E-state index in [-0.39, 0.29) is 11.4 Å². The first-order valence-electron chi connectivity index (χ1n) is 8.90. The number of carbonyl (C=O) groups is 1. The molecule has 0 aromatic heterocycles. The Morgan fingerprint density at radius 1 is 1.17 bits per heavy atom. The Hall–Kier alpha value is -1.51. The normalized spacial score (nSPS) is 15.6. The zero-order valence-corrected chi connectivity index (χ0v) is 14.8. The van der Waals surface area contributed by atoms with Gasteiger partial charge in [0.15, 0.2) is 0 Å². The predicted molar refractivity (Wildman–Crippen MR) is 92.7 cm³/mol. The highest BCUT2D eigenvalue weighted by atomic mass is 16.5. The van der Waals surface area contributed by atoms with Crippen molar-refractivity contribution in [2.45, 2.75) is 71.8 Å². The molecule has 3 nitrogen and oxygen atoms in total. The number of benzene rings is 1. The minimum Gasteiger partial charge on any atom is -0.490 e. The van der Waals surface area contributed by atoms with Gasteiger partial charge in [-0.2, -0.15) is 0 Å². The van der Waals surface area contributed by atoms with E-state index in [9.17, 15) is 4.79 Å². The summed E-state index contributed by atoms with van der Waals surface area (Å²) in [5.74, 6) is 0.879. The molecule has 0 N–H and O–H groups in total. The van der Waals surface area contributed by atoms with Crippen molar-refractivity contribution in [2.75, 3.05) is 6.61 Å². The number of hydrogen-bond acceptors (Lipinski definition) is 3. The molecule has 128 valence electrons. The van der Waals surface area contributed by atoms with Crippen molar-refractivity contribution < 1.29 is 14.3 Å². The van der Waals surface area contributed by atoms with Crippen LogP contribution in [0.25, 0.3) is 0 Å². The Labute approximate surface area is 140 Å². The molecule has 0 bridgehead atoms. The fraction of sp³-hybridized carbons (Fsp3) is 0.650. The van der Waals surface area contributed by atoms with Gasteiger partial charge in [0.05, 0.1) is 19.1 Å². The van der Waals surface area contributed by atoms with Crippen molar-refractivity contribution >= 4 is 5.97 Å². The standard InChI is InChI=1S/C20H30O3/c1-4-22-19(21)15-20(2,3)14-13-16-9-11-18(12-10-16)23-17-7-5-6-8-17/h9-12,17H,4-8,13-15H2,1-3H3. The summed E-state index contributed by atoms with van der Waals surface area (Å²) in [4.78, 5) is 11.6. The zero-order valence-electron chi connectivity index (χ0n) is 14.8. The van der Waals surface area contributed by atoms with Gasteiger partial charge in [-0.1, -0.05) is 26.0 Å². The molecule has 23 heavy (non-hydrogen) atoms. The smallest absolute Gasteiger partial charge is 0.306 e. The molecule has 0 radical (unpaired) electrons. The molecule has 1 aliphatic rings. The third-order valence-corrected chi connectivity index (χ3v) is 4.55. The first-order chi connectivity index (χ1) is 11.0. The maximum absolute atomic E-state index is 11.6. The number of esters is 1. The first kappa shape index (κ1) is 17.8. The summed E-state index contributed by atoms with van der Waals surface area (Å²) < 4.78 is 11.0. The van der Waals surface area contributed by atoms with Gasteiger partial charge in [0.25, 0.3) is 0 Å². The second kappa shape index (κ2) is 8.37. The Kier molecular flexibility index (Phi) is 6.49. The van der Waals surface area contributed by atoms with E-state index in [0.717, 1.165) is 18.6 Å². The van der Waals surface area contributed by atoms with E-state index >= 15 is 0 Å². The Balaban J connectivity index is 1.79. The van der Waals surface area contributed by atoms with Crippen LogP contribution in [0.1, 0.15) is 64.9 Å². The van der Waals surface area contributed by atoms with E-state index in [0.29, 0.717) is 19.1 Å². The van der Waals surface area contributed by atoms with Gasteiger partial charge in [-0.25, -0.2) is 0 Å². The van der Waals surface area contributed by atoms with Gasteiger partial charge in [0, 0.05) is 0 Å². The van der Waals surface area contributed by atoms with E-state index in [4.69, 9.17) is 9.47 Å². The lowest BCUT2D eigenvalue weighted by molar-refractivity contribution is -0.145. The molecule has 0 unspecified atom stereocenters. The highest BCUT2D eigenvalue weighted by Gasteiger charge is 2.22. The summed E-state index contributed by atoms with van der Waals surface area (Å²) in [7, 11) is 0. The molecule has 1 aromatic rings. The monoisotopic (exact) mass is 318 g/mol. The van der Waals surface area contributed by atoms with E-state index in [1.54, 1.807) is 0 Å². The molecular weight excluding hydrogens is 288 g/mol. The third-order valence-electron chi connectivity index (χ3n) is 4.55. The van der Waals surface area contributed by atoms with Gasteiger partial charge in [-0.05, 0) is 68.6 Å². The predicted octanol–water partition coefficient (Wildman–Crippen LogP) is 4.92. The van der Waals surface area contributed by atoms with Crippen LogP contribution in [0.5, 0.6) is 5.75 Å². The minimum atomic E-state index is -0.0992. The lowest BCUT2D eigenvalue weighted by Gasteiger charge is -2.23. The Morgan fingerprint density at radius 2 is 1.83 bits per heavy atom. The van der Waals surface area contributed by atoms with Crippen LogP contribution in [0.3, 0.4) is 0 Å². The largest absolute Gasteiger partial charge is 0.490 e. The van der Waals surface area contributed by atoms with Gasteiger partial charge < -0.3 is 9.47 Å². The van der Waals surface area contributed by atoms with E-state index < -0.39 is 0 Å². The zero-order chi connectivity index (χ0) is 16.7. The van der Waals surface area contributed by atoms with Crippen LogP contribution in [-0.4, -0.2) is 18.7 Å². The van der Waals surface area contributed by atoms with Crippen molar-refractivity contribution in [1.29, 1.82) is 0 Å². The molecular formula is C20H30O3. The van der Waals surface area contributed by atoms with Gasteiger partial charge >= 0.3 is 5.97 Å². The quantitative estimate of drug-likeness (QED) is 0.638. The molecule has 2 rings (SSSR count). The van der Waals surface area contributed by atoms with Gasteiger partial charge in [-0.15, -0.1) is 0 Å². The summed E-state index contributed by atoms with van der Waals surface area (Å²) in [6.45, 7) is 6.56. The number of hydrogen-bond donors (Lipinski definition) is 0. The Bertz CT molecular complexity index is 484. The van der Waals surface area contributed by atoms with Crippen LogP contribution in [0.2, 0.25) is 0 Å². The molecule has 1 aromatic carbocycles. The number of aryl methyl sites for hydroxylation is 1. The number of carbonyl (C=O) groups excluding carboxylic acids is 1. The average molecular weight is 318 g/mol. The van der Waals surface area contributed by atoms with Crippen LogP contribution in [0, 0.1) is 5.41 Å². The minimum absolute atomic E-state index is 0.0364. The van der Waals surface area contributed by atoms with Crippen LogP contribution in [0.15, 0.2) is 24.3 Å². The molecule has 1 fully saturated rings. The third kappa shape index (κ3) is 6.25. The van der Waals surface area contributed by atoms with E-state index in [2.05, 4.69) is 38.1 Å². The van der Waals surface area contributed by atoms with Crippen molar-refractivity contribution in [1.82, 2.24) is 0 Å². The SMILES string of the molecule is CCOC(=O)CC(C)(C)CCc1ccc(OC2CCCC2)cc1. The molecule has 1 aliphatic carbocycles. The summed E-state index contributed by atoms with van der Waals surface area (Å²) in [5.41, 5.74) is 1.26. The highest BCUT2D eigenvalue weighted by Crippen LogP contribution is 2.29. The first-order valence-corrected chi connectivity index (χ1v) is 8.90. The van der Waals surface area contributed by atoms with Crippen molar-refractivity contribution in [2.24, 2.45) is 5.41 Å². The molecule has 0 atom stereocenters. The van der Waals surface area contributed by atoms with Gasteiger partial charge in [0.2, 0.25) is 0 Å². The van der Waals surface area contributed by atoms with Crippen LogP contribution >= 0.6 is 0 Å². The van der Waals surface area contributed by atoms with Crippen molar-refractivity contribution in [3.05, 3.63) is 29.8 Å². The van der Waals surface area contributed by atoms with Crippen molar-refractivity contribution in [3.63, 3.8) is 0 Å². The fourth-order valence-corrected chi connectivity index (χ4v) is 3.11. The number of rotatable bonds is 8. The van der Waals surface area contributed by atoms with Crippen molar-refractivity contribution in [3.8, 4) is 5.75 Å². The molecule has 0 spiro atoms. The summed E-state index contributed by atoms with van der Waals surface area (Å²) in [5, 5.41) is 0. The lowest BCUT2D eigenvalue weighted by Crippen LogP contribution is -2.19. The highest BCUT2D eigenvalue weighted by molar-refractivity contribution is 5.70. The summed E-state index contributed by atoms with van der Waals surface area (Å²) in [6, 6.07) is 8.44. The van der Waals surface area contributed by atoms with Gasteiger partial charge in [0.1, 0.15) is 5.75 Å². The maximum Gasteiger partial charge on any atom is 0.306 e. The van der Waals surface area contributed by atoms with Crippen LogP contribution < -0.4 is 4.74 Å². The second-order valence-electron chi connectivity index (χ2n) is 7.31. The molecule has 0 heterocycles. The topological polar surface area (TPSA) is 35.5 Å². The molecule has 0 saturated heterocycles. The van der Waals surface area contributed by atoms with E-state index in [1.165, 1.54) is 31.2 Å². The van der Waals surface area contributed by atoms with Gasteiger partial charge in [-0.3, -0.25) is 4.79 Å². The number of ether oxygens (including phenoxy) is 2. The lowest BCUT2D eigenvalue weighted by atomic mass is 9.83. The summed E-state index contributed by atoms with van der Waals surface area (Å²) in [6.07, 6.45) is 7.77. The Morgan fingerprint density at radius 3 is 2.43 bits per heavy atom. The second-order valence-corrected chi connectivity index (χ2v) is 7.31. The average Bonchev–Trinajstić information content (AvgIpc) is 2.99. The van der Waals surface area contributed by atoms with Crippen LogP contribution in [-0.2, 0) is 16.0 Å². The van der Waals surface area contributed by atoms with E-state index in [1.807, 2.05) is 6.92 Å². The molecule has 0 aliphatic heterocycles. The molecule has 0 amide bonds. The molecule has 3 heteroatoms. The van der Waals surface area contributed by atoms with Crippen LogP contribution in [0.4, 0.5) is 0 Å². The summed E-state index contributed by atoms with van der Waals surface area (Å²) >= 11 is 0. The maximum atomic E-state index is 11.6. The fourth-order valence-electron chi connectivity index (χ4n) is 3.11.